The average molecular weight is 527 g/mol. The summed E-state index contributed by atoms with van der Waals surface area (Å²) in [5.41, 5.74) is -1.68. The molecule has 0 radical (unpaired) electrons. The van der Waals surface area contributed by atoms with Crippen molar-refractivity contribution in [2.24, 2.45) is 0 Å². The van der Waals surface area contributed by atoms with Crippen LogP contribution in [0.15, 0.2) is 47.4 Å². The molecule has 0 fully saturated rings. The summed E-state index contributed by atoms with van der Waals surface area (Å²) in [6, 6.07) is 6.38. The normalized spacial score (nSPS) is 12.4. The number of sulfonamides is 1. The fraction of sp³-hybridized carbons (Fsp3) is 0.300. The zero-order valence-corrected chi connectivity index (χ0v) is 18.9. The highest BCUT2D eigenvalue weighted by molar-refractivity contribution is 7.89. The lowest BCUT2D eigenvalue weighted by molar-refractivity contribution is -0.153. The van der Waals surface area contributed by atoms with Crippen molar-refractivity contribution in [1.82, 2.24) is 4.31 Å². The van der Waals surface area contributed by atoms with E-state index in [1.165, 1.54) is 19.1 Å². The Kier molecular flexibility index (Phi) is 8.39. The predicted molar refractivity (Wildman–Crippen MR) is 112 cm³/mol. The van der Waals surface area contributed by atoms with Gasteiger partial charge in [-0.1, -0.05) is 0 Å². The summed E-state index contributed by atoms with van der Waals surface area (Å²) >= 11 is 0. The summed E-state index contributed by atoms with van der Waals surface area (Å²) < 4.78 is 107. The van der Waals surface area contributed by atoms with Crippen molar-refractivity contribution in [1.29, 1.82) is 0 Å². The first kappa shape index (κ1) is 27.9. The molecule has 0 aliphatic rings. The second-order valence-electron chi connectivity index (χ2n) is 7.13. The smallest absolute Gasteiger partial charge is 0.422 e. The van der Waals surface area contributed by atoms with Gasteiger partial charge in [0.15, 0.2) is 6.61 Å². The van der Waals surface area contributed by atoms with Gasteiger partial charge in [0, 0.05) is 19.7 Å². The number of nitrogens with zero attached hydrogens (tertiary/aromatic N) is 1. The molecule has 192 valence electrons. The number of amides is 2. The molecule has 0 bridgehead atoms. The number of alkyl halides is 6. The summed E-state index contributed by atoms with van der Waals surface area (Å²) in [5, 5.41) is 4.40. The Morgan fingerprint density at radius 1 is 0.971 bits per heavy atom. The number of carbonyl (C=O) groups is 2. The van der Waals surface area contributed by atoms with Gasteiger partial charge >= 0.3 is 12.4 Å². The lowest BCUT2D eigenvalue weighted by atomic mass is 10.1. The number of likely N-dealkylation sites (N-methyl/N-ethyl adjacent to an activating group) is 1. The van der Waals surface area contributed by atoms with Crippen molar-refractivity contribution in [2.75, 3.05) is 30.8 Å². The molecule has 0 saturated carbocycles. The van der Waals surface area contributed by atoms with Crippen LogP contribution in [0.5, 0.6) is 5.75 Å². The topological polar surface area (TPSA) is 105 Å². The van der Waals surface area contributed by atoms with Crippen LogP contribution in [0.3, 0.4) is 0 Å². The SMILES string of the molecule is CC(=O)Nc1ccc(S(=O)(=O)N(C)CC(=O)Nc2cc(C(F)(F)F)ccc2OCC(F)(F)F)cc1. The van der Waals surface area contributed by atoms with Crippen LogP contribution in [0, 0.1) is 0 Å². The number of halogens is 6. The highest BCUT2D eigenvalue weighted by atomic mass is 32.2. The molecule has 0 atom stereocenters. The van der Waals surface area contributed by atoms with Crippen LogP contribution in [0.2, 0.25) is 0 Å². The third kappa shape index (κ3) is 8.13. The lowest BCUT2D eigenvalue weighted by Gasteiger charge is -2.19. The summed E-state index contributed by atoms with van der Waals surface area (Å²) in [6.07, 6.45) is -9.67. The van der Waals surface area contributed by atoms with E-state index < -0.39 is 58.4 Å². The number of nitrogens with one attached hydrogen (secondary N) is 2. The van der Waals surface area contributed by atoms with E-state index in [9.17, 15) is 44.3 Å². The first-order valence-corrected chi connectivity index (χ1v) is 11.0. The molecular weight excluding hydrogens is 508 g/mol. The summed E-state index contributed by atoms with van der Waals surface area (Å²) in [5.74, 6) is -2.22. The van der Waals surface area contributed by atoms with Gasteiger partial charge in [-0.25, -0.2) is 8.42 Å². The van der Waals surface area contributed by atoms with Crippen LogP contribution in [0.4, 0.5) is 37.7 Å². The van der Waals surface area contributed by atoms with Gasteiger partial charge in [0.25, 0.3) is 0 Å². The Bertz CT molecular complexity index is 1180. The van der Waals surface area contributed by atoms with E-state index in [0.717, 1.165) is 19.2 Å². The van der Waals surface area contributed by atoms with Crippen LogP contribution in [-0.4, -0.2) is 50.9 Å². The van der Waals surface area contributed by atoms with Gasteiger partial charge in [0.2, 0.25) is 21.8 Å². The van der Waals surface area contributed by atoms with Crippen LogP contribution < -0.4 is 15.4 Å². The van der Waals surface area contributed by atoms with E-state index in [1.54, 1.807) is 0 Å². The van der Waals surface area contributed by atoms with Crippen molar-refractivity contribution in [3.63, 3.8) is 0 Å². The highest BCUT2D eigenvalue weighted by Crippen LogP contribution is 2.35. The van der Waals surface area contributed by atoms with Crippen molar-refractivity contribution < 1.29 is 49.1 Å². The molecule has 0 aliphatic heterocycles. The maximum atomic E-state index is 13.0. The van der Waals surface area contributed by atoms with E-state index in [2.05, 4.69) is 10.1 Å². The third-order valence-electron chi connectivity index (χ3n) is 4.22. The lowest BCUT2D eigenvalue weighted by Crippen LogP contribution is -2.35. The van der Waals surface area contributed by atoms with Crippen LogP contribution in [-0.2, 0) is 25.8 Å². The molecule has 8 nitrogen and oxygen atoms in total. The molecule has 0 spiro atoms. The number of carbonyl (C=O) groups excluding carboxylic acids is 2. The van der Waals surface area contributed by atoms with E-state index >= 15 is 0 Å². The molecule has 2 aromatic carbocycles. The van der Waals surface area contributed by atoms with Gasteiger partial charge in [-0.15, -0.1) is 0 Å². The van der Waals surface area contributed by atoms with Crippen LogP contribution in [0.25, 0.3) is 0 Å². The van der Waals surface area contributed by atoms with Crippen molar-refractivity contribution >= 4 is 33.2 Å². The first-order valence-electron chi connectivity index (χ1n) is 9.53. The monoisotopic (exact) mass is 527 g/mol. The zero-order valence-electron chi connectivity index (χ0n) is 18.1. The fourth-order valence-corrected chi connectivity index (χ4v) is 3.79. The van der Waals surface area contributed by atoms with E-state index in [-0.39, 0.29) is 10.8 Å². The molecule has 0 unspecified atom stereocenters. The number of rotatable bonds is 8. The molecule has 0 heterocycles. The molecular formula is C20H19F6N3O5S. The van der Waals surface area contributed by atoms with Crippen LogP contribution in [0.1, 0.15) is 12.5 Å². The quantitative estimate of drug-likeness (QED) is 0.508. The Morgan fingerprint density at radius 2 is 1.57 bits per heavy atom. The standard InChI is InChI=1S/C20H19F6N3O5S/c1-12(30)27-14-4-6-15(7-5-14)35(32,33)29(2)10-18(31)28-16-9-13(20(24,25)26)3-8-17(16)34-11-19(21,22)23/h3-9H,10-11H2,1-2H3,(H,27,30)(H,28,31). The van der Waals surface area contributed by atoms with Gasteiger partial charge in [0.1, 0.15) is 5.75 Å². The minimum Gasteiger partial charge on any atom is -0.482 e. The molecule has 2 aromatic rings. The first-order chi connectivity index (χ1) is 16.0. The molecule has 2 amide bonds. The van der Waals surface area contributed by atoms with Gasteiger partial charge in [-0.2, -0.15) is 30.6 Å². The van der Waals surface area contributed by atoms with E-state index in [1.807, 2.05) is 5.32 Å². The van der Waals surface area contributed by atoms with Gasteiger partial charge in [-0.05, 0) is 42.5 Å². The number of ether oxygens (including phenoxy) is 1. The molecule has 2 rings (SSSR count). The third-order valence-corrected chi connectivity index (χ3v) is 6.04. The van der Waals surface area contributed by atoms with Gasteiger partial charge in [-0.3, -0.25) is 9.59 Å². The Balaban J connectivity index is 2.21. The predicted octanol–water partition coefficient (Wildman–Crippen LogP) is 3.86. The number of hydrogen-bond acceptors (Lipinski definition) is 5. The summed E-state index contributed by atoms with van der Waals surface area (Å²) in [6.45, 7) is -1.46. The number of anilines is 2. The molecule has 0 aromatic heterocycles. The Hall–Kier alpha value is -3.33. The largest absolute Gasteiger partial charge is 0.482 e. The van der Waals surface area contributed by atoms with Crippen molar-refractivity contribution in [3.8, 4) is 5.75 Å². The number of benzene rings is 2. The van der Waals surface area contributed by atoms with Gasteiger partial charge in [0.05, 0.1) is 22.7 Å². The number of hydrogen-bond donors (Lipinski definition) is 2. The summed E-state index contributed by atoms with van der Waals surface area (Å²) in [4.78, 5) is 23.2. The van der Waals surface area contributed by atoms with E-state index in [4.69, 9.17) is 0 Å². The van der Waals surface area contributed by atoms with Crippen LogP contribution >= 0.6 is 0 Å². The summed E-state index contributed by atoms with van der Waals surface area (Å²) in [7, 11) is -3.23. The average Bonchev–Trinajstić information content (AvgIpc) is 2.71. The fourth-order valence-electron chi connectivity index (χ4n) is 2.66. The molecule has 2 N–H and O–H groups in total. The maximum Gasteiger partial charge on any atom is 0.422 e. The second-order valence-corrected chi connectivity index (χ2v) is 9.17. The second kappa shape index (κ2) is 10.5. The molecule has 0 saturated heterocycles. The minimum atomic E-state index is -4.87. The molecule has 0 aliphatic carbocycles. The van der Waals surface area contributed by atoms with Crippen molar-refractivity contribution in [3.05, 3.63) is 48.0 Å². The highest BCUT2D eigenvalue weighted by Gasteiger charge is 2.33. The Labute approximate surface area is 195 Å². The maximum absolute atomic E-state index is 13.0. The van der Waals surface area contributed by atoms with Crippen molar-refractivity contribution in [2.45, 2.75) is 24.2 Å². The van der Waals surface area contributed by atoms with Gasteiger partial charge < -0.3 is 15.4 Å². The molecule has 15 heteroatoms. The Morgan fingerprint density at radius 3 is 2.09 bits per heavy atom. The zero-order chi connectivity index (χ0) is 26.6. The molecule has 35 heavy (non-hydrogen) atoms. The van der Waals surface area contributed by atoms with E-state index in [0.29, 0.717) is 28.2 Å². The minimum absolute atomic E-state index is 0.254.